The standard InChI is InChI=1S/C16H19N5O3/c1-11(9-21-7-3-6-14(21)22)18-16(23)19-13-5-2-4-12(8-13)15-20-17-10-24-15/h2,4-5,8,10-11H,3,6-7,9H2,1H3,(H2,18,19,23)/t11-/m1/s1. The summed E-state index contributed by atoms with van der Waals surface area (Å²) in [4.78, 5) is 25.5. The van der Waals surface area contributed by atoms with Crippen LogP contribution in [0.5, 0.6) is 0 Å². The molecule has 0 spiro atoms. The third kappa shape index (κ3) is 3.89. The zero-order valence-electron chi connectivity index (χ0n) is 13.4. The van der Waals surface area contributed by atoms with Gasteiger partial charge in [-0.15, -0.1) is 10.2 Å². The van der Waals surface area contributed by atoms with Crippen LogP contribution < -0.4 is 10.6 Å². The van der Waals surface area contributed by atoms with Crippen LogP contribution in [0.4, 0.5) is 10.5 Å². The van der Waals surface area contributed by atoms with Crippen LogP contribution >= 0.6 is 0 Å². The third-order valence-electron chi connectivity index (χ3n) is 3.77. The summed E-state index contributed by atoms with van der Waals surface area (Å²) in [7, 11) is 0. The zero-order chi connectivity index (χ0) is 16.9. The average Bonchev–Trinajstić information content (AvgIpc) is 3.20. The Morgan fingerprint density at radius 1 is 1.46 bits per heavy atom. The molecule has 2 N–H and O–H groups in total. The largest absolute Gasteiger partial charge is 0.423 e. The van der Waals surface area contributed by atoms with Gasteiger partial charge in [0.15, 0.2) is 0 Å². The Morgan fingerprint density at radius 2 is 2.33 bits per heavy atom. The van der Waals surface area contributed by atoms with Crippen molar-refractivity contribution in [3.63, 3.8) is 0 Å². The summed E-state index contributed by atoms with van der Waals surface area (Å²) in [6.45, 7) is 3.16. The Balaban J connectivity index is 1.55. The number of nitrogens with one attached hydrogen (secondary N) is 2. The molecule has 0 radical (unpaired) electrons. The first-order valence-electron chi connectivity index (χ1n) is 7.84. The number of carbonyl (C=O) groups is 2. The highest BCUT2D eigenvalue weighted by atomic mass is 16.4. The van der Waals surface area contributed by atoms with E-state index in [1.807, 2.05) is 13.0 Å². The van der Waals surface area contributed by atoms with Gasteiger partial charge in [0.1, 0.15) is 0 Å². The van der Waals surface area contributed by atoms with Crippen LogP contribution in [-0.2, 0) is 4.79 Å². The maximum Gasteiger partial charge on any atom is 0.319 e. The average molecular weight is 329 g/mol. The van der Waals surface area contributed by atoms with E-state index in [1.54, 1.807) is 23.1 Å². The molecule has 1 aliphatic heterocycles. The zero-order valence-corrected chi connectivity index (χ0v) is 13.4. The number of amides is 3. The highest BCUT2D eigenvalue weighted by Crippen LogP contribution is 2.20. The second-order valence-electron chi connectivity index (χ2n) is 5.77. The maximum absolute atomic E-state index is 12.1. The normalized spacial score (nSPS) is 15.4. The smallest absolute Gasteiger partial charge is 0.319 e. The number of benzene rings is 1. The topological polar surface area (TPSA) is 100 Å². The van der Waals surface area contributed by atoms with Crippen molar-refractivity contribution in [1.82, 2.24) is 20.4 Å². The lowest BCUT2D eigenvalue weighted by atomic mass is 10.2. The van der Waals surface area contributed by atoms with Crippen LogP contribution in [0.25, 0.3) is 11.5 Å². The summed E-state index contributed by atoms with van der Waals surface area (Å²) in [5.41, 5.74) is 1.34. The summed E-state index contributed by atoms with van der Waals surface area (Å²) in [6, 6.07) is 6.68. The number of anilines is 1. The van der Waals surface area contributed by atoms with Gasteiger partial charge in [0.25, 0.3) is 0 Å². The van der Waals surface area contributed by atoms with E-state index in [-0.39, 0.29) is 18.0 Å². The number of hydrogen-bond acceptors (Lipinski definition) is 5. The molecule has 3 rings (SSSR count). The summed E-state index contributed by atoms with van der Waals surface area (Å²) in [6.07, 6.45) is 2.74. The van der Waals surface area contributed by atoms with Gasteiger partial charge < -0.3 is 20.0 Å². The molecule has 8 heteroatoms. The van der Waals surface area contributed by atoms with Crippen LogP contribution in [0, 0.1) is 0 Å². The molecule has 1 saturated heterocycles. The lowest BCUT2D eigenvalue weighted by molar-refractivity contribution is -0.127. The molecule has 0 saturated carbocycles. The minimum atomic E-state index is -0.322. The van der Waals surface area contributed by atoms with Crippen molar-refractivity contribution < 1.29 is 14.0 Å². The van der Waals surface area contributed by atoms with E-state index < -0.39 is 0 Å². The van der Waals surface area contributed by atoms with Crippen LogP contribution in [0.2, 0.25) is 0 Å². The summed E-state index contributed by atoms with van der Waals surface area (Å²) in [5, 5.41) is 13.1. The fourth-order valence-electron chi connectivity index (χ4n) is 2.69. The molecular weight excluding hydrogens is 310 g/mol. The number of urea groups is 1. The van der Waals surface area contributed by atoms with Gasteiger partial charge in [-0.1, -0.05) is 6.07 Å². The third-order valence-corrected chi connectivity index (χ3v) is 3.77. The second kappa shape index (κ2) is 7.12. The van der Waals surface area contributed by atoms with E-state index in [0.29, 0.717) is 24.5 Å². The number of aromatic nitrogens is 2. The summed E-state index contributed by atoms with van der Waals surface area (Å²) < 4.78 is 5.14. The van der Waals surface area contributed by atoms with E-state index in [0.717, 1.165) is 18.5 Å². The van der Waals surface area contributed by atoms with Crippen molar-refractivity contribution >= 4 is 17.6 Å². The van der Waals surface area contributed by atoms with Crippen molar-refractivity contribution in [2.45, 2.75) is 25.8 Å². The first-order chi connectivity index (χ1) is 11.6. The van der Waals surface area contributed by atoms with E-state index in [4.69, 9.17) is 4.42 Å². The van der Waals surface area contributed by atoms with Crippen molar-refractivity contribution in [2.75, 3.05) is 18.4 Å². The van der Waals surface area contributed by atoms with Crippen LogP contribution in [0.1, 0.15) is 19.8 Å². The molecule has 3 amide bonds. The maximum atomic E-state index is 12.1. The summed E-state index contributed by atoms with van der Waals surface area (Å²) >= 11 is 0. The molecule has 2 aromatic rings. The van der Waals surface area contributed by atoms with E-state index in [9.17, 15) is 9.59 Å². The SMILES string of the molecule is C[C@H](CN1CCCC1=O)NC(=O)Nc1cccc(-c2nnco2)c1. The van der Waals surface area contributed by atoms with Gasteiger partial charge in [0.2, 0.25) is 18.2 Å². The molecule has 24 heavy (non-hydrogen) atoms. The van der Waals surface area contributed by atoms with Gasteiger partial charge in [-0.3, -0.25) is 4.79 Å². The van der Waals surface area contributed by atoms with Crippen LogP contribution in [0.3, 0.4) is 0 Å². The molecule has 2 heterocycles. The number of nitrogens with zero attached hydrogens (tertiary/aromatic N) is 3. The Kier molecular flexibility index (Phi) is 4.74. The number of rotatable bonds is 5. The Labute approximate surface area is 139 Å². The van der Waals surface area contributed by atoms with Gasteiger partial charge in [-0.25, -0.2) is 4.79 Å². The Hall–Kier alpha value is -2.90. The van der Waals surface area contributed by atoms with Gasteiger partial charge in [0.05, 0.1) is 0 Å². The lowest BCUT2D eigenvalue weighted by Crippen LogP contribution is -2.44. The molecule has 1 fully saturated rings. The van der Waals surface area contributed by atoms with Crippen molar-refractivity contribution in [3.8, 4) is 11.5 Å². The number of likely N-dealkylation sites (tertiary alicyclic amines) is 1. The van der Waals surface area contributed by atoms with Crippen molar-refractivity contribution in [1.29, 1.82) is 0 Å². The van der Waals surface area contributed by atoms with Gasteiger partial charge in [-0.2, -0.15) is 0 Å². The Morgan fingerprint density at radius 3 is 3.04 bits per heavy atom. The van der Waals surface area contributed by atoms with Gasteiger partial charge in [-0.05, 0) is 31.5 Å². The van der Waals surface area contributed by atoms with Crippen molar-refractivity contribution in [3.05, 3.63) is 30.7 Å². The molecule has 1 aromatic carbocycles. The fourth-order valence-corrected chi connectivity index (χ4v) is 2.69. The fraction of sp³-hybridized carbons (Fsp3) is 0.375. The first-order valence-corrected chi connectivity index (χ1v) is 7.84. The van der Waals surface area contributed by atoms with E-state index in [2.05, 4.69) is 20.8 Å². The second-order valence-corrected chi connectivity index (χ2v) is 5.77. The number of hydrogen-bond donors (Lipinski definition) is 2. The van der Waals surface area contributed by atoms with Crippen LogP contribution in [-0.4, -0.2) is 46.2 Å². The first kappa shape index (κ1) is 16.0. The van der Waals surface area contributed by atoms with E-state index >= 15 is 0 Å². The molecule has 0 bridgehead atoms. The predicted molar refractivity (Wildman–Crippen MR) is 87.2 cm³/mol. The lowest BCUT2D eigenvalue weighted by Gasteiger charge is -2.21. The molecule has 1 atom stereocenters. The molecule has 1 aromatic heterocycles. The molecule has 0 aliphatic carbocycles. The predicted octanol–water partition coefficient (Wildman–Crippen LogP) is 1.87. The molecule has 1 aliphatic rings. The highest BCUT2D eigenvalue weighted by molar-refractivity contribution is 5.90. The minimum absolute atomic E-state index is 0.133. The number of carbonyl (C=O) groups excluding carboxylic acids is 2. The van der Waals surface area contributed by atoms with E-state index in [1.165, 1.54) is 6.39 Å². The monoisotopic (exact) mass is 329 g/mol. The highest BCUT2D eigenvalue weighted by Gasteiger charge is 2.22. The quantitative estimate of drug-likeness (QED) is 0.872. The molecule has 0 unspecified atom stereocenters. The molecule has 8 nitrogen and oxygen atoms in total. The summed E-state index contributed by atoms with van der Waals surface area (Å²) in [5.74, 6) is 0.538. The molecular formula is C16H19N5O3. The Bertz CT molecular complexity index is 716. The van der Waals surface area contributed by atoms with Crippen LogP contribution in [0.15, 0.2) is 35.1 Å². The minimum Gasteiger partial charge on any atom is -0.423 e. The molecule has 126 valence electrons. The van der Waals surface area contributed by atoms with Gasteiger partial charge >= 0.3 is 6.03 Å². The van der Waals surface area contributed by atoms with Crippen molar-refractivity contribution in [2.24, 2.45) is 0 Å². The van der Waals surface area contributed by atoms with Gasteiger partial charge in [0, 0.05) is 36.8 Å².